The van der Waals surface area contributed by atoms with Crippen molar-refractivity contribution in [2.45, 2.75) is 5.03 Å². The lowest BCUT2D eigenvalue weighted by atomic mass is 10.3. The lowest BCUT2D eigenvalue weighted by molar-refractivity contribution is 1.12. The second kappa shape index (κ2) is 5.06. The smallest absolute Gasteiger partial charge is 0.136 e. The van der Waals surface area contributed by atoms with E-state index in [4.69, 9.17) is 0 Å². The van der Waals surface area contributed by atoms with Crippen molar-refractivity contribution in [1.29, 1.82) is 0 Å². The minimum atomic E-state index is 0.859. The Kier molecular flexibility index (Phi) is 3.10. The van der Waals surface area contributed by atoms with Gasteiger partial charge in [-0.25, -0.2) is 4.98 Å². The first kappa shape index (κ1) is 11.0. The molecule has 0 atom stereocenters. The van der Waals surface area contributed by atoms with Crippen LogP contribution in [0.3, 0.4) is 0 Å². The first-order valence-electron chi connectivity index (χ1n) is 5.61. The second-order valence-corrected chi connectivity index (χ2v) is 4.59. The molecule has 1 N–H and O–H groups in total. The molecule has 3 nitrogen and oxygen atoms in total. The van der Waals surface area contributed by atoms with Gasteiger partial charge < -0.3 is 4.72 Å². The predicted molar refractivity (Wildman–Crippen MR) is 75.5 cm³/mol. The van der Waals surface area contributed by atoms with Gasteiger partial charge in [0.05, 0.1) is 17.2 Å². The highest BCUT2D eigenvalue weighted by Gasteiger charge is 2.00. The molecular formula is C14H11N3S. The van der Waals surface area contributed by atoms with Gasteiger partial charge in [0.2, 0.25) is 0 Å². The number of nitrogens with zero attached hydrogens (tertiary/aromatic N) is 2. The fourth-order valence-corrected chi connectivity index (χ4v) is 2.21. The van der Waals surface area contributed by atoms with Crippen molar-refractivity contribution in [2.24, 2.45) is 0 Å². The molecule has 0 radical (unpaired) electrons. The van der Waals surface area contributed by atoms with E-state index in [1.54, 1.807) is 6.20 Å². The van der Waals surface area contributed by atoms with E-state index in [9.17, 15) is 0 Å². The summed E-state index contributed by atoms with van der Waals surface area (Å²) in [6, 6.07) is 17.9. The van der Waals surface area contributed by atoms with E-state index in [0.29, 0.717) is 0 Å². The molecule has 1 aromatic heterocycles. The Labute approximate surface area is 109 Å². The van der Waals surface area contributed by atoms with Crippen LogP contribution < -0.4 is 4.72 Å². The molecule has 0 aliphatic carbocycles. The van der Waals surface area contributed by atoms with Gasteiger partial charge in [-0.3, -0.25) is 4.98 Å². The molecule has 4 heteroatoms. The van der Waals surface area contributed by atoms with Crippen LogP contribution in [-0.2, 0) is 0 Å². The molecular weight excluding hydrogens is 242 g/mol. The van der Waals surface area contributed by atoms with Gasteiger partial charge in [0.15, 0.2) is 0 Å². The van der Waals surface area contributed by atoms with Crippen molar-refractivity contribution >= 4 is 28.7 Å². The predicted octanol–water partition coefficient (Wildman–Crippen LogP) is 3.75. The van der Waals surface area contributed by atoms with Crippen LogP contribution in [0.25, 0.3) is 11.0 Å². The van der Waals surface area contributed by atoms with Gasteiger partial charge in [-0.05, 0) is 24.3 Å². The first-order chi connectivity index (χ1) is 8.92. The van der Waals surface area contributed by atoms with E-state index in [0.717, 1.165) is 21.7 Å². The molecule has 0 bridgehead atoms. The summed E-state index contributed by atoms with van der Waals surface area (Å²) in [6.07, 6.45) is 1.78. The van der Waals surface area contributed by atoms with Crippen LogP contribution in [0.1, 0.15) is 0 Å². The highest BCUT2D eigenvalue weighted by atomic mass is 32.2. The minimum absolute atomic E-state index is 0.859. The Balaban J connectivity index is 1.79. The first-order valence-corrected chi connectivity index (χ1v) is 6.43. The lowest BCUT2D eigenvalue weighted by Crippen LogP contribution is -1.90. The van der Waals surface area contributed by atoms with E-state index >= 15 is 0 Å². The third kappa shape index (κ3) is 2.43. The third-order valence-corrected chi connectivity index (χ3v) is 3.22. The van der Waals surface area contributed by atoms with Gasteiger partial charge in [-0.2, -0.15) is 0 Å². The Morgan fingerprint density at radius 3 is 2.39 bits per heavy atom. The number of hydrogen-bond donors (Lipinski definition) is 1. The fraction of sp³-hybridized carbons (Fsp3) is 0. The number of aromatic nitrogens is 2. The molecule has 2 aromatic carbocycles. The molecule has 0 saturated carbocycles. The molecule has 18 heavy (non-hydrogen) atoms. The molecule has 1 heterocycles. The molecule has 0 saturated heterocycles. The summed E-state index contributed by atoms with van der Waals surface area (Å²) in [5.74, 6) is 0. The average molecular weight is 253 g/mol. The molecule has 3 aromatic rings. The fourth-order valence-electron chi connectivity index (χ4n) is 1.61. The van der Waals surface area contributed by atoms with Crippen molar-refractivity contribution in [3.63, 3.8) is 0 Å². The molecule has 0 fully saturated rings. The number of hydrogen-bond acceptors (Lipinski definition) is 4. The summed E-state index contributed by atoms with van der Waals surface area (Å²) in [7, 11) is 0. The second-order valence-electron chi connectivity index (χ2n) is 3.77. The summed E-state index contributed by atoms with van der Waals surface area (Å²) < 4.78 is 3.24. The third-order valence-electron chi connectivity index (χ3n) is 2.47. The van der Waals surface area contributed by atoms with Gasteiger partial charge in [-0.1, -0.05) is 30.3 Å². The molecule has 0 spiro atoms. The Hall–Kier alpha value is -2.07. The van der Waals surface area contributed by atoms with E-state index in [1.807, 2.05) is 54.6 Å². The van der Waals surface area contributed by atoms with Crippen LogP contribution in [0.2, 0.25) is 0 Å². The number of fused-ring (bicyclic) bond motifs is 1. The zero-order chi connectivity index (χ0) is 12.2. The maximum atomic E-state index is 4.53. The van der Waals surface area contributed by atoms with Crippen molar-refractivity contribution < 1.29 is 0 Å². The van der Waals surface area contributed by atoms with E-state index < -0.39 is 0 Å². The topological polar surface area (TPSA) is 37.8 Å². The summed E-state index contributed by atoms with van der Waals surface area (Å²) >= 11 is 1.46. The van der Waals surface area contributed by atoms with E-state index in [-0.39, 0.29) is 0 Å². The normalized spacial score (nSPS) is 10.4. The number of para-hydroxylation sites is 3. The number of rotatable bonds is 3. The zero-order valence-corrected chi connectivity index (χ0v) is 10.4. The molecule has 0 aliphatic rings. The zero-order valence-electron chi connectivity index (χ0n) is 9.58. The highest BCUT2D eigenvalue weighted by molar-refractivity contribution is 8.00. The summed E-state index contributed by atoms with van der Waals surface area (Å²) in [5.41, 5.74) is 2.89. The Morgan fingerprint density at radius 1 is 0.833 bits per heavy atom. The SMILES string of the molecule is c1ccc(NSc2cnc3ccccc3n2)cc1. The van der Waals surface area contributed by atoms with Gasteiger partial charge in [0.1, 0.15) is 5.03 Å². The van der Waals surface area contributed by atoms with Crippen LogP contribution in [0.5, 0.6) is 0 Å². The number of nitrogens with one attached hydrogen (secondary N) is 1. The van der Waals surface area contributed by atoms with E-state index in [2.05, 4.69) is 14.7 Å². The number of anilines is 1. The highest BCUT2D eigenvalue weighted by Crippen LogP contribution is 2.20. The summed E-state index contributed by atoms with van der Waals surface area (Å²) in [4.78, 5) is 8.90. The molecule has 0 aliphatic heterocycles. The van der Waals surface area contributed by atoms with Gasteiger partial charge >= 0.3 is 0 Å². The lowest BCUT2D eigenvalue weighted by Gasteiger charge is -2.04. The van der Waals surface area contributed by atoms with Gasteiger partial charge in [0.25, 0.3) is 0 Å². The van der Waals surface area contributed by atoms with E-state index in [1.165, 1.54) is 11.9 Å². The average Bonchev–Trinajstić information content (AvgIpc) is 2.46. The maximum Gasteiger partial charge on any atom is 0.136 e. The Bertz CT molecular complexity index is 655. The van der Waals surface area contributed by atoms with Crippen molar-refractivity contribution in [3.05, 3.63) is 60.8 Å². The van der Waals surface area contributed by atoms with Crippen LogP contribution in [-0.4, -0.2) is 9.97 Å². The monoisotopic (exact) mass is 253 g/mol. The van der Waals surface area contributed by atoms with Gasteiger partial charge in [-0.15, -0.1) is 0 Å². The van der Waals surface area contributed by atoms with Crippen molar-refractivity contribution in [1.82, 2.24) is 9.97 Å². The molecule has 0 amide bonds. The quantitative estimate of drug-likeness (QED) is 0.721. The van der Waals surface area contributed by atoms with Crippen LogP contribution >= 0.6 is 11.9 Å². The minimum Gasteiger partial charge on any atom is -0.324 e. The molecule has 3 rings (SSSR count). The standard InChI is InChI=1S/C14H11N3S/c1-2-6-11(7-3-1)17-18-14-10-15-12-8-4-5-9-13(12)16-14/h1-10,17H. The number of benzene rings is 2. The van der Waals surface area contributed by atoms with Crippen LogP contribution in [0.4, 0.5) is 5.69 Å². The Morgan fingerprint density at radius 2 is 1.56 bits per heavy atom. The van der Waals surface area contributed by atoms with Crippen molar-refractivity contribution in [3.8, 4) is 0 Å². The largest absolute Gasteiger partial charge is 0.324 e. The summed E-state index contributed by atoms with van der Waals surface area (Å²) in [6.45, 7) is 0. The molecule has 0 unspecified atom stereocenters. The molecule has 88 valence electrons. The summed E-state index contributed by atoms with van der Waals surface area (Å²) in [5, 5.41) is 0.859. The maximum absolute atomic E-state index is 4.53. The van der Waals surface area contributed by atoms with Crippen LogP contribution in [0, 0.1) is 0 Å². The van der Waals surface area contributed by atoms with Crippen LogP contribution in [0.15, 0.2) is 65.8 Å². The van der Waals surface area contributed by atoms with Crippen molar-refractivity contribution in [2.75, 3.05) is 4.72 Å². The van der Waals surface area contributed by atoms with Gasteiger partial charge in [0, 0.05) is 17.6 Å².